The molecule has 1 aromatic heterocycles. The number of fused-ring (bicyclic) bond motifs is 1. The zero-order valence-electron chi connectivity index (χ0n) is 12.1. The molecule has 2 atom stereocenters. The van der Waals surface area contributed by atoms with E-state index in [0.717, 1.165) is 13.0 Å². The van der Waals surface area contributed by atoms with Gasteiger partial charge < -0.3 is 5.32 Å². The summed E-state index contributed by atoms with van der Waals surface area (Å²) in [5.41, 5.74) is 3.15. The van der Waals surface area contributed by atoms with Crippen LogP contribution in [0, 0.1) is 0 Å². The van der Waals surface area contributed by atoms with Crippen LogP contribution in [0.2, 0.25) is 0 Å². The van der Waals surface area contributed by atoms with E-state index in [0.29, 0.717) is 12.0 Å². The van der Waals surface area contributed by atoms with E-state index in [9.17, 15) is 0 Å². The fraction of sp³-hybridized carbons (Fsp3) is 0.444. The second-order valence-corrected chi connectivity index (χ2v) is 6.68. The van der Waals surface area contributed by atoms with Gasteiger partial charge in [0.2, 0.25) is 0 Å². The van der Waals surface area contributed by atoms with E-state index in [1.807, 2.05) is 11.3 Å². The Balaban J connectivity index is 1.84. The van der Waals surface area contributed by atoms with Gasteiger partial charge in [-0.1, -0.05) is 37.3 Å². The van der Waals surface area contributed by atoms with Gasteiger partial charge in [0.05, 0.1) is 0 Å². The van der Waals surface area contributed by atoms with Crippen LogP contribution in [0.1, 0.15) is 41.7 Å². The third kappa shape index (κ3) is 2.97. The number of hydrogen-bond donors (Lipinski definition) is 1. The Morgan fingerprint density at radius 1 is 1.25 bits per heavy atom. The molecule has 2 aromatic rings. The van der Waals surface area contributed by atoms with E-state index in [1.54, 1.807) is 11.1 Å². The molecule has 3 rings (SSSR count). The Labute approximate surface area is 126 Å². The smallest absolute Gasteiger partial charge is 0.0184 e. The first-order valence-electron chi connectivity index (χ1n) is 7.72. The highest BCUT2D eigenvalue weighted by molar-refractivity contribution is 7.09. The lowest BCUT2D eigenvalue weighted by Crippen LogP contribution is -2.38. The average molecular weight is 285 g/mol. The third-order valence-corrected chi connectivity index (χ3v) is 5.27. The predicted molar refractivity (Wildman–Crippen MR) is 87.6 cm³/mol. The Morgan fingerprint density at radius 3 is 2.95 bits per heavy atom. The molecule has 1 nitrogen and oxygen atoms in total. The summed E-state index contributed by atoms with van der Waals surface area (Å²) in [6.07, 6.45) is 5.06. The van der Waals surface area contributed by atoms with Crippen molar-refractivity contribution in [2.24, 2.45) is 0 Å². The molecule has 1 heterocycles. The summed E-state index contributed by atoms with van der Waals surface area (Å²) in [5, 5.41) is 5.93. The zero-order chi connectivity index (χ0) is 13.8. The monoisotopic (exact) mass is 285 g/mol. The largest absolute Gasteiger partial charge is 0.313 e. The maximum Gasteiger partial charge on any atom is 0.0184 e. The minimum atomic E-state index is 0.570. The van der Waals surface area contributed by atoms with Crippen molar-refractivity contribution in [2.45, 2.75) is 44.6 Å². The van der Waals surface area contributed by atoms with Crippen molar-refractivity contribution in [1.29, 1.82) is 0 Å². The molecule has 20 heavy (non-hydrogen) atoms. The van der Waals surface area contributed by atoms with Crippen molar-refractivity contribution in [3.05, 3.63) is 57.8 Å². The summed E-state index contributed by atoms with van der Waals surface area (Å²) < 4.78 is 0. The molecule has 2 heteroatoms. The summed E-state index contributed by atoms with van der Waals surface area (Å²) in [7, 11) is 0. The molecule has 0 amide bonds. The first-order valence-corrected chi connectivity index (χ1v) is 8.60. The quantitative estimate of drug-likeness (QED) is 0.859. The number of aryl methyl sites for hydroxylation is 1. The first-order chi connectivity index (χ1) is 9.88. The fourth-order valence-electron chi connectivity index (χ4n) is 3.47. The van der Waals surface area contributed by atoms with Crippen LogP contribution in [-0.2, 0) is 12.8 Å². The lowest BCUT2D eigenvalue weighted by atomic mass is 9.77. The molecule has 0 saturated heterocycles. The molecular weight excluding hydrogens is 262 g/mol. The molecular formula is C18H23NS. The summed E-state index contributed by atoms with van der Waals surface area (Å²) >= 11 is 1.88. The van der Waals surface area contributed by atoms with Crippen LogP contribution in [0.5, 0.6) is 0 Å². The van der Waals surface area contributed by atoms with E-state index in [1.165, 1.54) is 24.1 Å². The van der Waals surface area contributed by atoms with Crippen LogP contribution >= 0.6 is 11.3 Å². The number of benzene rings is 1. The van der Waals surface area contributed by atoms with Crippen LogP contribution in [0.15, 0.2) is 41.8 Å². The van der Waals surface area contributed by atoms with Crippen LogP contribution in [0.25, 0.3) is 0 Å². The Bertz CT molecular complexity index is 532. The van der Waals surface area contributed by atoms with Gasteiger partial charge in [-0.2, -0.15) is 0 Å². The van der Waals surface area contributed by atoms with Gasteiger partial charge in [0.25, 0.3) is 0 Å². The lowest BCUT2D eigenvalue weighted by Gasteiger charge is -2.33. The van der Waals surface area contributed by atoms with E-state index in [4.69, 9.17) is 0 Å². The Hall–Kier alpha value is -1.12. The molecule has 0 fully saturated rings. The molecule has 106 valence electrons. The van der Waals surface area contributed by atoms with Crippen molar-refractivity contribution in [1.82, 2.24) is 5.32 Å². The van der Waals surface area contributed by atoms with Crippen molar-refractivity contribution in [2.75, 3.05) is 6.54 Å². The molecule has 0 bridgehead atoms. The fourth-order valence-corrected chi connectivity index (χ4v) is 4.24. The number of rotatable bonds is 5. The van der Waals surface area contributed by atoms with E-state index < -0.39 is 0 Å². The number of thiophene rings is 1. The normalized spacial score (nSPS) is 19.6. The second-order valence-electron chi connectivity index (χ2n) is 5.65. The van der Waals surface area contributed by atoms with Gasteiger partial charge in [-0.15, -0.1) is 11.3 Å². The first kappa shape index (κ1) is 13.8. The van der Waals surface area contributed by atoms with E-state index in [2.05, 4.69) is 54.0 Å². The number of nitrogens with one attached hydrogen (secondary N) is 1. The minimum absolute atomic E-state index is 0.570. The maximum absolute atomic E-state index is 3.74. The van der Waals surface area contributed by atoms with Gasteiger partial charge >= 0.3 is 0 Å². The summed E-state index contributed by atoms with van der Waals surface area (Å²) in [6.45, 7) is 3.27. The SMILES string of the molecule is CCNC(Cc1cccs1)C1CCCc2ccccc21. The molecule has 0 radical (unpaired) electrons. The lowest BCUT2D eigenvalue weighted by molar-refractivity contribution is 0.397. The number of hydrogen-bond acceptors (Lipinski definition) is 2. The standard InChI is InChI=1S/C18H23NS/c1-2-19-18(13-15-9-6-12-20-15)17-11-5-8-14-7-3-4-10-16(14)17/h3-4,6-7,9-10,12,17-19H,2,5,8,11,13H2,1H3. The summed E-state index contributed by atoms with van der Waals surface area (Å²) in [6, 6.07) is 14.0. The van der Waals surface area contributed by atoms with E-state index >= 15 is 0 Å². The van der Waals surface area contributed by atoms with Gasteiger partial charge in [-0.3, -0.25) is 0 Å². The third-order valence-electron chi connectivity index (χ3n) is 4.37. The summed E-state index contributed by atoms with van der Waals surface area (Å²) in [4.78, 5) is 1.50. The zero-order valence-corrected chi connectivity index (χ0v) is 13.0. The van der Waals surface area contributed by atoms with Gasteiger partial charge in [-0.05, 0) is 60.7 Å². The average Bonchev–Trinajstić information content (AvgIpc) is 2.99. The van der Waals surface area contributed by atoms with Crippen molar-refractivity contribution < 1.29 is 0 Å². The van der Waals surface area contributed by atoms with Crippen molar-refractivity contribution in [3.8, 4) is 0 Å². The molecule has 2 unspecified atom stereocenters. The predicted octanol–water partition coefficient (Wildman–Crippen LogP) is 4.39. The number of likely N-dealkylation sites (N-methyl/N-ethyl adjacent to an activating group) is 1. The molecule has 0 saturated carbocycles. The summed E-state index contributed by atoms with van der Waals surface area (Å²) in [5.74, 6) is 0.669. The molecule has 1 aromatic carbocycles. The highest BCUT2D eigenvalue weighted by atomic mass is 32.1. The van der Waals surface area contributed by atoms with Crippen LogP contribution in [0.4, 0.5) is 0 Å². The second kappa shape index (κ2) is 6.55. The molecule has 1 N–H and O–H groups in total. The van der Waals surface area contributed by atoms with Gasteiger partial charge in [0, 0.05) is 10.9 Å². The Kier molecular flexibility index (Phi) is 4.54. The van der Waals surface area contributed by atoms with Crippen molar-refractivity contribution >= 4 is 11.3 Å². The Morgan fingerprint density at radius 2 is 2.15 bits per heavy atom. The highest BCUT2D eigenvalue weighted by Gasteiger charge is 2.27. The maximum atomic E-state index is 3.74. The van der Waals surface area contributed by atoms with Crippen LogP contribution in [0.3, 0.4) is 0 Å². The van der Waals surface area contributed by atoms with Gasteiger partial charge in [0.15, 0.2) is 0 Å². The molecule has 0 aliphatic heterocycles. The van der Waals surface area contributed by atoms with Crippen molar-refractivity contribution in [3.63, 3.8) is 0 Å². The van der Waals surface area contributed by atoms with Crippen LogP contribution < -0.4 is 5.32 Å². The molecule has 0 spiro atoms. The van der Waals surface area contributed by atoms with E-state index in [-0.39, 0.29) is 0 Å². The van der Waals surface area contributed by atoms with Gasteiger partial charge in [0.1, 0.15) is 0 Å². The highest BCUT2D eigenvalue weighted by Crippen LogP contribution is 2.35. The molecule has 1 aliphatic rings. The molecule has 1 aliphatic carbocycles. The topological polar surface area (TPSA) is 12.0 Å². The minimum Gasteiger partial charge on any atom is -0.313 e. The van der Waals surface area contributed by atoms with Crippen LogP contribution in [-0.4, -0.2) is 12.6 Å². The van der Waals surface area contributed by atoms with Gasteiger partial charge in [-0.25, -0.2) is 0 Å².